The smallest absolute Gasteiger partial charge is 0.290 e. The van der Waals surface area contributed by atoms with Crippen molar-refractivity contribution in [2.75, 3.05) is 59.7 Å². The van der Waals surface area contributed by atoms with Gasteiger partial charge in [-0.1, -0.05) is 31.5 Å². The number of para-hydroxylation sites is 1. The minimum Gasteiger partial charge on any atom is -0.385 e. The average molecular weight is 607 g/mol. The van der Waals surface area contributed by atoms with Crippen LogP contribution in [0.3, 0.4) is 0 Å². The number of nitrogens with one attached hydrogen (secondary N) is 1. The minimum absolute atomic E-state index is 0. The predicted molar refractivity (Wildman–Crippen MR) is 158 cm³/mol. The van der Waals surface area contributed by atoms with Gasteiger partial charge in [-0.25, -0.2) is 4.98 Å². The van der Waals surface area contributed by atoms with Gasteiger partial charge in [0.05, 0.1) is 29.7 Å². The summed E-state index contributed by atoms with van der Waals surface area (Å²) < 4.78 is 12.6. The van der Waals surface area contributed by atoms with E-state index in [4.69, 9.17) is 26.1 Å². The van der Waals surface area contributed by atoms with Crippen molar-refractivity contribution < 1.29 is 19.1 Å². The van der Waals surface area contributed by atoms with E-state index in [-0.39, 0.29) is 54.5 Å². The Morgan fingerprint density at radius 3 is 2.64 bits per heavy atom. The second kappa shape index (κ2) is 16.0. The highest BCUT2D eigenvalue weighted by Crippen LogP contribution is 2.27. The van der Waals surface area contributed by atoms with Crippen LogP contribution in [0.2, 0.25) is 5.02 Å². The summed E-state index contributed by atoms with van der Waals surface area (Å²) >= 11 is 6.49. The lowest BCUT2D eigenvalue weighted by Gasteiger charge is -2.40. The predicted octanol–water partition coefficient (Wildman–Crippen LogP) is 3.90. The van der Waals surface area contributed by atoms with E-state index in [0.29, 0.717) is 81.9 Å². The Labute approximate surface area is 248 Å². The fraction of sp³-hybridized carbons (Fsp3) is 0.667. The number of hydrogen-bond donors (Lipinski definition) is 1. The Kier molecular flexibility index (Phi) is 13.8. The maximum Gasteiger partial charge on any atom is 0.290 e. The Morgan fingerprint density at radius 1 is 1.21 bits per heavy atom. The first-order valence-electron chi connectivity index (χ1n) is 13.4. The summed E-state index contributed by atoms with van der Waals surface area (Å²) in [4.78, 5) is 36.0. The van der Waals surface area contributed by atoms with Crippen molar-refractivity contribution in [3.05, 3.63) is 29.0 Å². The fourth-order valence-corrected chi connectivity index (χ4v) is 5.54. The standard InChI is InChI=1S/C27H40ClN5O4.2ClH/c1-19(2)18-33(21-15-20(16-29-17-21)26(34)31-10-13-37-14-11-31)27(35)25-30-24-22(28)7-6-8-23(24)32(25)9-4-5-12-36-3;;/h6-8,19-21,29H,4-5,9-18H2,1-3H3;2*1H/t20-,21+;;/m1../s1. The van der Waals surface area contributed by atoms with Crippen molar-refractivity contribution in [3.63, 3.8) is 0 Å². The zero-order valence-electron chi connectivity index (χ0n) is 23.1. The number of nitrogens with zero attached hydrogens (tertiary/aromatic N) is 4. The molecule has 0 saturated carbocycles. The number of unbranched alkanes of at least 4 members (excludes halogenated alkanes) is 1. The molecule has 2 aliphatic rings. The summed E-state index contributed by atoms with van der Waals surface area (Å²) in [6.07, 6.45) is 2.38. The molecule has 9 nitrogen and oxygen atoms in total. The van der Waals surface area contributed by atoms with Crippen LogP contribution >= 0.6 is 36.4 Å². The highest BCUT2D eigenvalue weighted by Gasteiger charge is 2.36. The second-order valence-corrected chi connectivity index (χ2v) is 10.8. The van der Waals surface area contributed by atoms with E-state index in [2.05, 4.69) is 19.2 Å². The largest absolute Gasteiger partial charge is 0.385 e. The first-order valence-corrected chi connectivity index (χ1v) is 13.8. The number of amides is 2. The number of aryl methyl sites for hydroxylation is 1. The maximum atomic E-state index is 14.2. The third-order valence-corrected chi connectivity index (χ3v) is 7.47. The number of carbonyl (C=O) groups is 2. The molecule has 2 saturated heterocycles. The molecule has 0 unspecified atom stereocenters. The topological polar surface area (TPSA) is 88.9 Å². The van der Waals surface area contributed by atoms with Crippen molar-refractivity contribution in [2.24, 2.45) is 11.8 Å². The third-order valence-electron chi connectivity index (χ3n) is 7.16. The van der Waals surface area contributed by atoms with Crippen LogP contribution in [-0.2, 0) is 20.8 Å². The highest BCUT2D eigenvalue weighted by atomic mass is 35.5. The van der Waals surface area contributed by atoms with Crippen molar-refractivity contribution >= 4 is 59.3 Å². The number of halogens is 3. The summed E-state index contributed by atoms with van der Waals surface area (Å²) in [5.41, 5.74) is 1.51. The van der Waals surface area contributed by atoms with Crippen molar-refractivity contribution in [3.8, 4) is 0 Å². The fourth-order valence-electron chi connectivity index (χ4n) is 5.33. The number of piperidine rings is 1. The molecule has 1 aromatic heterocycles. The highest BCUT2D eigenvalue weighted by molar-refractivity contribution is 6.35. The molecule has 12 heteroatoms. The number of imidazole rings is 1. The van der Waals surface area contributed by atoms with E-state index < -0.39 is 0 Å². The molecule has 1 aromatic carbocycles. The van der Waals surface area contributed by atoms with Gasteiger partial charge in [-0.3, -0.25) is 9.59 Å². The zero-order valence-corrected chi connectivity index (χ0v) is 25.5. The molecule has 2 aliphatic heterocycles. The number of carbonyl (C=O) groups excluding carboxylic acids is 2. The third kappa shape index (κ3) is 8.21. The molecule has 1 N–H and O–H groups in total. The summed E-state index contributed by atoms with van der Waals surface area (Å²) in [5, 5.41) is 3.96. The lowest BCUT2D eigenvalue weighted by atomic mass is 9.92. The van der Waals surface area contributed by atoms with Gasteiger partial charge in [0.1, 0.15) is 5.52 Å². The molecule has 2 atom stereocenters. The van der Waals surface area contributed by atoms with E-state index in [1.807, 2.05) is 26.5 Å². The lowest BCUT2D eigenvalue weighted by Crippen LogP contribution is -2.56. The molecule has 0 spiro atoms. The van der Waals surface area contributed by atoms with Gasteiger partial charge in [0.15, 0.2) is 5.82 Å². The number of morpholine rings is 1. The van der Waals surface area contributed by atoms with E-state index in [0.717, 1.165) is 18.4 Å². The van der Waals surface area contributed by atoms with E-state index in [1.165, 1.54) is 0 Å². The zero-order chi connectivity index (χ0) is 26.4. The molecule has 2 amide bonds. The summed E-state index contributed by atoms with van der Waals surface area (Å²) in [7, 11) is 1.69. The molecule has 220 valence electrons. The van der Waals surface area contributed by atoms with Gasteiger partial charge in [0.2, 0.25) is 5.91 Å². The summed E-state index contributed by atoms with van der Waals surface area (Å²) in [6, 6.07) is 5.56. The molecule has 39 heavy (non-hydrogen) atoms. The van der Waals surface area contributed by atoms with Crippen LogP contribution in [0.5, 0.6) is 0 Å². The van der Waals surface area contributed by atoms with Crippen LogP contribution < -0.4 is 5.32 Å². The molecule has 2 fully saturated rings. The molecule has 4 rings (SSSR count). The van der Waals surface area contributed by atoms with Gasteiger partial charge < -0.3 is 29.2 Å². The number of benzene rings is 1. The number of ether oxygens (including phenoxy) is 2. The first kappa shape index (κ1) is 33.6. The van der Waals surface area contributed by atoms with Crippen LogP contribution in [0.25, 0.3) is 11.0 Å². The van der Waals surface area contributed by atoms with E-state index >= 15 is 0 Å². The molecule has 0 aliphatic carbocycles. The Balaban J connectivity index is 0.00000267. The lowest BCUT2D eigenvalue weighted by molar-refractivity contribution is -0.140. The molecule has 3 heterocycles. The van der Waals surface area contributed by atoms with Crippen LogP contribution in [-0.4, -0.2) is 96.9 Å². The van der Waals surface area contributed by atoms with Crippen LogP contribution in [0.15, 0.2) is 18.2 Å². The molecule has 2 aromatic rings. The number of aromatic nitrogens is 2. The first-order chi connectivity index (χ1) is 17.9. The number of hydrogen-bond acceptors (Lipinski definition) is 6. The average Bonchev–Trinajstić information content (AvgIpc) is 3.29. The normalized spacial score (nSPS) is 19.5. The van der Waals surface area contributed by atoms with Crippen LogP contribution in [0.4, 0.5) is 0 Å². The van der Waals surface area contributed by atoms with Gasteiger partial charge in [-0.15, -0.1) is 24.8 Å². The number of methoxy groups -OCH3 is 1. The van der Waals surface area contributed by atoms with Gasteiger partial charge in [0.25, 0.3) is 5.91 Å². The van der Waals surface area contributed by atoms with Gasteiger partial charge >= 0.3 is 0 Å². The SMILES string of the molecule is COCCCCn1c(C(=O)N(CC(C)C)[C@@H]2CNC[C@H](C(=O)N3CCOCC3)C2)nc2c(Cl)cccc21.Cl.Cl. The Hall–Kier alpha value is -1.62. The second-order valence-electron chi connectivity index (χ2n) is 10.4. The molecular weight excluding hydrogens is 565 g/mol. The number of rotatable bonds is 10. The van der Waals surface area contributed by atoms with Gasteiger partial charge in [-0.05, 0) is 37.3 Å². The minimum atomic E-state index is -0.165. The van der Waals surface area contributed by atoms with Gasteiger partial charge in [-0.2, -0.15) is 0 Å². The monoisotopic (exact) mass is 605 g/mol. The molecule has 0 radical (unpaired) electrons. The van der Waals surface area contributed by atoms with Crippen LogP contribution in [0, 0.1) is 11.8 Å². The van der Waals surface area contributed by atoms with Gasteiger partial charge in [0, 0.05) is 59.0 Å². The number of fused-ring (bicyclic) bond motifs is 1. The Bertz CT molecular complexity index is 1080. The van der Waals surface area contributed by atoms with Crippen LogP contribution in [0.1, 0.15) is 43.7 Å². The van der Waals surface area contributed by atoms with E-state index in [9.17, 15) is 9.59 Å². The summed E-state index contributed by atoms with van der Waals surface area (Å²) in [5.74, 6) is 0.542. The quantitative estimate of drug-likeness (QED) is 0.413. The van der Waals surface area contributed by atoms with E-state index in [1.54, 1.807) is 13.2 Å². The van der Waals surface area contributed by atoms with Crippen molar-refractivity contribution in [2.45, 2.75) is 45.7 Å². The van der Waals surface area contributed by atoms with Crippen molar-refractivity contribution in [1.82, 2.24) is 24.7 Å². The molecule has 0 bridgehead atoms. The Morgan fingerprint density at radius 2 is 1.95 bits per heavy atom. The van der Waals surface area contributed by atoms with Crippen molar-refractivity contribution in [1.29, 1.82) is 0 Å². The maximum absolute atomic E-state index is 14.2. The molecular formula is C27H42Cl3N5O4. The summed E-state index contributed by atoms with van der Waals surface area (Å²) in [6.45, 7) is 9.82.